The number of rotatable bonds is 4. The van der Waals surface area contributed by atoms with Crippen molar-refractivity contribution in [3.63, 3.8) is 0 Å². The molecule has 0 saturated carbocycles. The summed E-state index contributed by atoms with van der Waals surface area (Å²) in [4.78, 5) is 51.4. The monoisotopic (exact) mass is 392 g/mol. The van der Waals surface area contributed by atoms with Crippen LogP contribution in [0.1, 0.15) is 30.5 Å². The largest absolute Gasteiger partial charge is 0.348 e. The molecule has 2 amide bonds. The third kappa shape index (κ3) is 3.69. The maximum absolute atomic E-state index is 12.6. The molecule has 2 aromatic carbocycles. The first-order valence-electron chi connectivity index (χ1n) is 9.36. The summed E-state index contributed by atoms with van der Waals surface area (Å²) in [5, 5.41) is 6.00. The molecule has 29 heavy (non-hydrogen) atoms. The van der Waals surface area contributed by atoms with E-state index in [2.05, 4.69) is 15.6 Å². The van der Waals surface area contributed by atoms with Gasteiger partial charge in [0, 0.05) is 12.1 Å². The fourth-order valence-electron chi connectivity index (χ4n) is 3.53. The van der Waals surface area contributed by atoms with E-state index in [-0.39, 0.29) is 18.5 Å². The first kappa shape index (κ1) is 18.7. The molecule has 0 spiro atoms. The Bertz CT molecular complexity index is 1240. The molecule has 1 aliphatic heterocycles. The number of fused-ring (bicyclic) bond motifs is 2. The van der Waals surface area contributed by atoms with Gasteiger partial charge in [-0.25, -0.2) is 4.79 Å². The summed E-state index contributed by atoms with van der Waals surface area (Å²) >= 11 is 0. The van der Waals surface area contributed by atoms with Gasteiger partial charge in [0.1, 0.15) is 6.54 Å². The van der Waals surface area contributed by atoms with Crippen molar-refractivity contribution in [1.29, 1.82) is 0 Å². The molecule has 0 radical (unpaired) electrons. The molecule has 8 nitrogen and oxygen atoms in total. The number of hydrogen-bond acceptors (Lipinski definition) is 4. The third-order valence-electron chi connectivity index (χ3n) is 5.09. The SMILES string of the molecule is CC(NC(=O)Cn1c(=O)[nH]c2ccccc2c1=O)c1ccc2c(c1)CCC(=O)N2. The minimum Gasteiger partial charge on any atom is -0.348 e. The Morgan fingerprint density at radius 3 is 2.76 bits per heavy atom. The Morgan fingerprint density at radius 1 is 1.14 bits per heavy atom. The number of aryl methyl sites for hydroxylation is 1. The van der Waals surface area contributed by atoms with Crippen LogP contribution in [0.5, 0.6) is 0 Å². The summed E-state index contributed by atoms with van der Waals surface area (Å²) in [7, 11) is 0. The minimum absolute atomic E-state index is 0.00218. The number of para-hydroxylation sites is 1. The molecule has 1 aromatic heterocycles. The second-order valence-corrected chi connectivity index (χ2v) is 7.12. The Kier molecular flexibility index (Phi) is 4.75. The summed E-state index contributed by atoms with van der Waals surface area (Å²) in [6.07, 6.45) is 1.09. The molecule has 8 heteroatoms. The summed E-state index contributed by atoms with van der Waals surface area (Å²) in [5.74, 6) is -0.441. The number of aromatic nitrogens is 2. The number of carbonyl (C=O) groups is 2. The summed E-state index contributed by atoms with van der Waals surface area (Å²) in [5.41, 5.74) is 2.00. The van der Waals surface area contributed by atoms with Crippen molar-refractivity contribution in [3.8, 4) is 0 Å². The van der Waals surface area contributed by atoms with Crippen molar-refractivity contribution in [2.75, 3.05) is 5.32 Å². The molecule has 3 N–H and O–H groups in total. The molecule has 0 bridgehead atoms. The van der Waals surface area contributed by atoms with Gasteiger partial charge in [0.05, 0.1) is 16.9 Å². The fraction of sp³-hybridized carbons (Fsp3) is 0.238. The molecular weight excluding hydrogens is 372 g/mol. The number of H-pyrrole nitrogens is 1. The quantitative estimate of drug-likeness (QED) is 0.624. The first-order valence-corrected chi connectivity index (χ1v) is 9.36. The third-order valence-corrected chi connectivity index (χ3v) is 5.09. The predicted molar refractivity (Wildman–Crippen MR) is 109 cm³/mol. The number of nitrogens with zero attached hydrogens (tertiary/aromatic N) is 1. The molecule has 148 valence electrons. The highest BCUT2D eigenvalue weighted by molar-refractivity contribution is 5.93. The van der Waals surface area contributed by atoms with Crippen LogP contribution in [0.2, 0.25) is 0 Å². The zero-order valence-electron chi connectivity index (χ0n) is 15.8. The van der Waals surface area contributed by atoms with E-state index in [1.165, 1.54) is 0 Å². The van der Waals surface area contributed by atoms with Crippen LogP contribution in [0.25, 0.3) is 10.9 Å². The molecule has 1 atom stereocenters. The van der Waals surface area contributed by atoms with E-state index < -0.39 is 17.2 Å². The summed E-state index contributed by atoms with van der Waals surface area (Å²) in [6.45, 7) is 1.46. The number of benzene rings is 2. The van der Waals surface area contributed by atoms with Gasteiger partial charge in [-0.1, -0.05) is 24.3 Å². The standard InChI is InChI=1S/C21H20N4O4/c1-12(13-6-8-16-14(10-13)7-9-18(26)23-16)22-19(27)11-25-20(28)15-4-2-3-5-17(15)24-21(25)29/h2-6,8,10,12H,7,9,11H2,1H3,(H,22,27)(H,23,26)(H,24,29). The number of hydrogen-bond donors (Lipinski definition) is 3. The smallest absolute Gasteiger partial charge is 0.329 e. The molecule has 4 rings (SSSR count). The van der Waals surface area contributed by atoms with Crippen LogP contribution >= 0.6 is 0 Å². The zero-order chi connectivity index (χ0) is 20.5. The molecule has 1 aliphatic rings. The van der Waals surface area contributed by atoms with E-state index in [1.807, 2.05) is 25.1 Å². The van der Waals surface area contributed by atoms with Crippen LogP contribution in [-0.2, 0) is 22.6 Å². The highest BCUT2D eigenvalue weighted by atomic mass is 16.2. The topological polar surface area (TPSA) is 113 Å². The molecule has 0 aliphatic carbocycles. The summed E-state index contributed by atoms with van der Waals surface area (Å²) in [6, 6.07) is 12.0. The van der Waals surface area contributed by atoms with Crippen LogP contribution in [0.4, 0.5) is 5.69 Å². The Labute approximate surface area is 165 Å². The van der Waals surface area contributed by atoms with Gasteiger partial charge in [0.2, 0.25) is 11.8 Å². The predicted octanol–water partition coefficient (Wildman–Crippen LogP) is 1.45. The molecule has 2 heterocycles. The second-order valence-electron chi connectivity index (χ2n) is 7.12. The zero-order valence-corrected chi connectivity index (χ0v) is 15.8. The van der Waals surface area contributed by atoms with Crippen LogP contribution in [0.3, 0.4) is 0 Å². The van der Waals surface area contributed by atoms with Crippen molar-refractivity contribution in [1.82, 2.24) is 14.9 Å². The van der Waals surface area contributed by atoms with Crippen molar-refractivity contribution in [2.24, 2.45) is 0 Å². The minimum atomic E-state index is -0.624. The maximum Gasteiger partial charge on any atom is 0.329 e. The maximum atomic E-state index is 12.6. The van der Waals surface area contributed by atoms with Gasteiger partial charge >= 0.3 is 5.69 Å². The van der Waals surface area contributed by atoms with Gasteiger partial charge in [-0.3, -0.25) is 19.0 Å². The van der Waals surface area contributed by atoms with E-state index in [0.717, 1.165) is 21.4 Å². The fourth-order valence-corrected chi connectivity index (χ4v) is 3.53. The number of carbonyl (C=O) groups excluding carboxylic acids is 2. The Hall–Kier alpha value is -3.68. The lowest BCUT2D eigenvalue weighted by atomic mass is 9.98. The van der Waals surface area contributed by atoms with Crippen molar-refractivity contribution < 1.29 is 9.59 Å². The van der Waals surface area contributed by atoms with Crippen LogP contribution in [0, 0.1) is 0 Å². The van der Waals surface area contributed by atoms with E-state index in [1.54, 1.807) is 24.3 Å². The molecule has 1 unspecified atom stereocenters. The molecule has 3 aromatic rings. The van der Waals surface area contributed by atoms with Gasteiger partial charge in [-0.15, -0.1) is 0 Å². The number of anilines is 1. The average Bonchev–Trinajstić information content (AvgIpc) is 2.70. The van der Waals surface area contributed by atoms with Crippen molar-refractivity contribution in [3.05, 3.63) is 74.4 Å². The van der Waals surface area contributed by atoms with E-state index >= 15 is 0 Å². The van der Waals surface area contributed by atoms with Crippen molar-refractivity contribution in [2.45, 2.75) is 32.4 Å². The molecule has 0 fully saturated rings. The van der Waals surface area contributed by atoms with Crippen LogP contribution < -0.4 is 21.9 Å². The van der Waals surface area contributed by atoms with Gasteiger partial charge < -0.3 is 15.6 Å². The lowest BCUT2D eigenvalue weighted by Crippen LogP contribution is -2.41. The Balaban J connectivity index is 1.52. The van der Waals surface area contributed by atoms with Gasteiger partial charge in [0.15, 0.2) is 0 Å². The highest BCUT2D eigenvalue weighted by Crippen LogP contribution is 2.26. The number of nitrogens with one attached hydrogen (secondary N) is 3. The van der Waals surface area contributed by atoms with E-state index in [9.17, 15) is 19.2 Å². The van der Waals surface area contributed by atoms with Gasteiger partial charge in [-0.05, 0) is 42.7 Å². The Morgan fingerprint density at radius 2 is 1.93 bits per heavy atom. The van der Waals surface area contributed by atoms with E-state index in [0.29, 0.717) is 23.7 Å². The summed E-state index contributed by atoms with van der Waals surface area (Å²) < 4.78 is 0.896. The van der Waals surface area contributed by atoms with Gasteiger partial charge in [0.25, 0.3) is 5.56 Å². The lowest BCUT2D eigenvalue weighted by molar-refractivity contribution is -0.122. The molecule has 0 saturated heterocycles. The average molecular weight is 392 g/mol. The lowest BCUT2D eigenvalue weighted by Gasteiger charge is -2.20. The van der Waals surface area contributed by atoms with Crippen LogP contribution in [0.15, 0.2) is 52.1 Å². The molecular formula is C21H20N4O4. The van der Waals surface area contributed by atoms with Gasteiger partial charge in [-0.2, -0.15) is 0 Å². The number of aromatic amines is 1. The first-order chi connectivity index (χ1) is 13.9. The normalized spacial score (nSPS) is 14.2. The van der Waals surface area contributed by atoms with E-state index in [4.69, 9.17) is 0 Å². The van der Waals surface area contributed by atoms with Crippen molar-refractivity contribution >= 4 is 28.4 Å². The van der Waals surface area contributed by atoms with Crippen LogP contribution in [-0.4, -0.2) is 21.4 Å². The second kappa shape index (κ2) is 7.38. The number of amides is 2. The highest BCUT2D eigenvalue weighted by Gasteiger charge is 2.18.